The summed E-state index contributed by atoms with van der Waals surface area (Å²) >= 11 is 0. The Labute approximate surface area is 123 Å². The van der Waals surface area contributed by atoms with Gasteiger partial charge in [-0.1, -0.05) is 24.9 Å². The van der Waals surface area contributed by atoms with Crippen LogP contribution in [0.1, 0.15) is 57.6 Å². The molecule has 0 N–H and O–H groups in total. The average Bonchev–Trinajstić information content (AvgIpc) is 2.48. The van der Waals surface area contributed by atoms with E-state index in [4.69, 9.17) is 9.72 Å². The van der Waals surface area contributed by atoms with Crippen molar-refractivity contribution in [2.24, 2.45) is 5.41 Å². The lowest BCUT2D eigenvalue weighted by Gasteiger charge is -2.49. The molecule has 1 saturated carbocycles. The van der Waals surface area contributed by atoms with Crippen molar-refractivity contribution in [3.05, 3.63) is 24.0 Å². The topological polar surface area (TPSA) is 22.1 Å². The van der Waals surface area contributed by atoms with E-state index in [1.807, 2.05) is 6.20 Å². The van der Waals surface area contributed by atoms with Gasteiger partial charge < -0.3 is 4.74 Å². The van der Waals surface area contributed by atoms with E-state index in [1.54, 1.807) is 0 Å². The number of aromatic nitrogens is 1. The summed E-state index contributed by atoms with van der Waals surface area (Å²) < 4.78 is 5.60. The Morgan fingerprint density at radius 1 is 1.20 bits per heavy atom. The first-order chi connectivity index (χ1) is 9.68. The lowest BCUT2D eigenvalue weighted by molar-refractivity contribution is -0.0255. The minimum absolute atomic E-state index is 0.309. The molecule has 2 nitrogen and oxygen atoms in total. The molecule has 0 radical (unpaired) electrons. The third kappa shape index (κ3) is 2.53. The van der Waals surface area contributed by atoms with Crippen molar-refractivity contribution in [3.63, 3.8) is 0 Å². The van der Waals surface area contributed by atoms with E-state index in [2.05, 4.69) is 26.9 Å². The van der Waals surface area contributed by atoms with Gasteiger partial charge in [-0.15, -0.1) is 0 Å². The Balaban J connectivity index is 1.89. The highest BCUT2D eigenvalue weighted by Crippen LogP contribution is 2.53. The maximum atomic E-state index is 5.60. The first-order valence-electron chi connectivity index (χ1n) is 8.19. The number of pyridine rings is 1. The highest BCUT2D eigenvalue weighted by atomic mass is 16.5. The first kappa shape index (κ1) is 14.1. The maximum Gasteiger partial charge on any atom is 0.141 e. The quantitative estimate of drug-likeness (QED) is 0.770. The van der Waals surface area contributed by atoms with Crippen molar-refractivity contribution < 1.29 is 4.74 Å². The molecule has 1 atom stereocenters. The SMILES string of the molecule is Bc1ccc(C2(CC)CCCC3(CCOCC3)C2)nc1. The number of ether oxygens (including phenoxy) is 1. The third-order valence-corrected chi connectivity index (χ3v) is 5.76. The molecule has 2 heterocycles. The molecule has 2 fully saturated rings. The van der Waals surface area contributed by atoms with Gasteiger partial charge in [0.25, 0.3) is 0 Å². The van der Waals surface area contributed by atoms with Crippen LogP contribution in [0.15, 0.2) is 18.3 Å². The Morgan fingerprint density at radius 2 is 2.00 bits per heavy atom. The highest BCUT2D eigenvalue weighted by Gasteiger charge is 2.45. The maximum absolute atomic E-state index is 5.60. The summed E-state index contributed by atoms with van der Waals surface area (Å²) in [5.41, 5.74) is 3.43. The second kappa shape index (κ2) is 5.52. The summed E-state index contributed by atoms with van der Waals surface area (Å²) in [5.74, 6) is 0. The van der Waals surface area contributed by atoms with Gasteiger partial charge in [0.1, 0.15) is 7.85 Å². The van der Waals surface area contributed by atoms with Crippen LogP contribution in [0, 0.1) is 5.41 Å². The van der Waals surface area contributed by atoms with Crippen LogP contribution in [0.2, 0.25) is 0 Å². The van der Waals surface area contributed by atoms with E-state index >= 15 is 0 Å². The summed E-state index contributed by atoms with van der Waals surface area (Å²) in [5, 5.41) is 0. The molecule has 0 bridgehead atoms. The van der Waals surface area contributed by atoms with Crippen LogP contribution in [0.3, 0.4) is 0 Å². The lowest BCUT2D eigenvalue weighted by atomic mass is 9.57. The molecule has 1 aromatic rings. The second-order valence-electron chi connectivity index (χ2n) is 7.00. The van der Waals surface area contributed by atoms with E-state index in [0.29, 0.717) is 10.8 Å². The summed E-state index contributed by atoms with van der Waals surface area (Å²) in [6, 6.07) is 4.50. The number of hydrogen-bond donors (Lipinski definition) is 0. The Morgan fingerprint density at radius 3 is 2.65 bits per heavy atom. The molecule has 0 amide bonds. The van der Waals surface area contributed by atoms with Crippen molar-refractivity contribution in [2.75, 3.05) is 13.2 Å². The summed E-state index contributed by atoms with van der Waals surface area (Å²) in [6.07, 6.45) is 11.1. The zero-order chi connectivity index (χ0) is 14.1. The molecule has 3 heteroatoms. The van der Waals surface area contributed by atoms with Crippen molar-refractivity contribution in [3.8, 4) is 0 Å². The molecule has 0 aromatic carbocycles. The molecule has 1 aromatic heterocycles. The van der Waals surface area contributed by atoms with E-state index in [1.165, 1.54) is 56.1 Å². The Bertz CT molecular complexity index is 447. The zero-order valence-corrected chi connectivity index (χ0v) is 13.0. The van der Waals surface area contributed by atoms with Crippen molar-refractivity contribution in [1.29, 1.82) is 0 Å². The molecule has 1 aliphatic carbocycles. The fourth-order valence-electron chi connectivity index (χ4n) is 4.41. The number of nitrogens with zero attached hydrogens (tertiary/aromatic N) is 1. The third-order valence-electron chi connectivity index (χ3n) is 5.76. The van der Waals surface area contributed by atoms with Crippen LogP contribution in [0.4, 0.5) is 0 Å². The van der Waals surface area contributed by atoms with Gasteiger partial charge in [-0.3, -0.25) is 4.98 Å². The zero-order valence-electron chi connectivity index (χ0n) is 13.0. The average molecular weight is 271 g/mol. The van der Waals surface area contributed by atoms with Crippen molar-refractivity contribution >= 4 is 13.3 Å². The molecule has 1 saturated heterocycles. The van der Waals surface area contributed by atoms with Crippen molar-refractivity contribution in [2.45, 2.75) is 57.3 Å². The van der Waals surface area contributed by atoms with E-state index in [0.717, 1.165) is 13.2 Å². The largest absolute Gasteiger partial charge is 0.381 e. The van der Waals surface area contributed by atoms with E-state index in [9.17, 15) is 0 Å². The van der Waals surface area contributed by atoms with Gasteiger partial charge in [0.15, 0.2) is 0 Å². The predicted molar refractivity (Wildman–Crippen MR) is 85.3 cm³/mol. The summed E-state index contributed by atoms with van der Waals surface area (Å²) in [6.45, 7) is 4.27. The van der Waals surface area contributed by atoms with E-state index in [-0.39, 0.29) is 0 Å². The normalized spacial score (nSPS) is 29.4. The van der Waals surface area contributed by atoms with Gasteiger partial charge in [-0.25, -0.2) is 0 Å². The second-order valence-corrected chi connectivity index (χ2v) is 7.00. The molecular formula is C17H26BNO. The van der Waals surface area contributed by atoms with Crippen LogP contribution in [0.25, 0.3) is 0 Å². The summed E-state index contributed by atoms with van der Waals surface area (Å²) in [4.78, 5) is 4.79. The standard InChI is InChI=1S/C17H26BNO/c1-2-17(15-5-4-14(18)12-19-15)7-3-6-16(13-17)8-10-20-11-9-16/h4-5,12H,2-3,6-11,13,18H2,1H3. The van der Waals surface area contributed by atoms with Gasteiger partial charge in [0.05, 0.1) is 0 Å². The predicted octanol–water partition coefficient (Wildman–Crippen LogP) is 2.36. The Kier molecular flexibility index (Phi) is 3.90. The van der Waals surface area contributed by atoms with Gasteiger partial charge in [-0.2, -0.15) is 0 Å². The first-order valence-corrected chi connectivity index (χ1v) is 8.19. The molecule has 1 unspecified atom stereocenters. The fourth-order valence-corrected chi connectivity index (χ4v) is 4.41. The molecule has 1 aliphatic heterocycles. The monoisotopic (exact) mass is 271 g/mol. The lowest BCUT2D eigenvalue weighted by Crippen LogP contribution is -2.42. The van der Waals surface area contributed by atoms with Crippen LogP contribution >= 0.6 is 0 Å². The van der Waals surface area contributed by atoms with Gasteiger partial charge in [-0.05, 0) is 50.0 Å². The molecule has 108 valence electrons. The minimum Gasteiger partial charge on any atom is -0.381 e. The summed E-state index contributed by atoms with van der Waals surface area (Å²) in [7, 11) is 2.12. The molecule has 3 rings (SSSR count). The number of rotatable bonds is 2. The smallest absolute Gasteiger partial charge is 0.141 e. The fraction of sp³-hybridized carbons (Fsp3) is 0.706. The van der Waals surface area contributed by atoms with Crippen LogP contribution in [-0.2, 0) is 10.2 Å². The minimum atomic E-state index is 0.309. The van der Waals surface area contributed by atoms with Crippen LogP contribution in [-0.4, -0.2) is 26.0 Å². The van der Waals surface area contributed by atoms with E-state index < -0.39 is 0 Å². The molecule has 2 aliphatic rings. The van der Waals surface area contributed by atoms with Crippen molar-refractivity contribution in [1.82, 2.24) is 4.98 Å². The van der Waals surface area contributed by atoms with Gasteiger partial charge >= 0.3 is 0 Å². The highest BCUT2D eigenvalue weighted by molar-refractivity contribution is 6.32. The van der Waals surface area contributed by atoms with Gasteiger partial charge in [0.2, 0.25) is 0 Å². The number of hydrogen-bond acceptors (Lipinski definition) is 2. The molecule has 20 heavy (non-hydrogen) atoms. The molecular weight excluding hydrogens is 245 g/mol. The van der Waals surface area contributed by atoms with Crippen LogP contribution in [0.5, 0.6) is 0 Å². The van der Waals surface area contributed by atoms with Crippen LogP contribution < -0.4 is 5.46 Å². The Hall–Kier alpha value is -0.825. The van der Waals surface area contributed by atoms with Gasteiger partial charge in [0, 0.05) is 30.5 Å². The molecule has 1 spiro atoms.